The van der Waals surface area contributed by atoms with E-state index in [-0.39, 0.29) is 0 Å². The van der Waals surface area contributed by atoms with Crippen LogP contribution in [0.3, 0.4) is 0 Å². The smallest absolute Gasteiger partial charge is 0.0124 e. The van der Waals surface area contributed by atoms with Gasteiger partial charge in [-0.05, 0) is 68.9 Å². The molecule has 0 aromatic carbocycles. The molecule has 0 spiro atoms. The van der Waals surface area contributed by atoms with Gasteiger partial charge in [0.15, 0.2) is 0 Å². The van der Waals surface area contributed by atoms with E-state index in [9.17, 15) is 0 Å². The van der Waals surface area contributed by atoms with Gasteiger partial charge < -0.3 is 10.6 Å². The number of nitrogens with one attached hydrogen (secondary N) is 2. The number of hydrogen-bond donors (Lipinski definition) is 2. The highest BCUT2D eigenvalue weighted by Gasteiger charge is 2.42. The van der Waals surface area contributed by atoms with Crippen molar-refractivity contribution in [2.75, 3.05) is 19.6 Å². The van der Waals surface area contributed by atoms with Gasteiger partial charge in [0, 0.05) is 12.6 Å². The normalized spacial score (nSPS) is 29.6. The van der Waals surface area contributed by atoms with Crippen LogP contribution < -0.4 is 10.6 Å². The van der Waals surface area contributed by atoms with Crippen molar-refractivity contribution in [1.29, 1.82) is 0 Å². The molecule has 2 N–H and O–H groups in total. The van der Waals surface area contributed by atoms with E-state index in [1.807, 2.05) is 0 Å². The van der Waals surface area contributed by atoms with Gasteiger partial charge in [0.05, 0.1) is 0 Å². The van der Waals surface area contributed by atoms with E-state index in [1.165, 1.54) is 58.2 Å². The quantitative estimate of drug-likeness (QED) is 0.745. The largest absolute Gasteiger partial charge is 0.317 e. The Morgan fingerprint density at radius 2 is 1.69 bits per heavy atom. The standard InChI is InChI=1S/C14H26N2/c1-14(6-8-15-9-7-14)10-16-13(11-2-3-11)12-4-5-12/h11-13,15-16H,2-10H2,1H3. The Balaban J connectivity index is 1.49. The molecule has 3 aliphatic rings. The highest BCUT2D eigenvalue weighted by Crippen LogP contribution is 2.44. The Morgan fingerprint density at radius 3 is 2.19 bits per heavy atom. The van der Waals surface area contributed by atoms with Crippen molar-refractivity contribution in [1.82, 2.24) is 10.6 Å². The summed E-state index contributed by atoms with van der Waals surface area (Å²) in [5.74, 6) is 2.08. The van der Waals surface area contributed by atoms with Gasteiger partial charge in [-0.25, -0.2) is 0 Å². The second-order valence-electron chi connectivity index (χ2n) is 6.64. The molecule has 2 heteroatoms. The van der Waals surface area contributed by atoms with Crippen LogP contribution >= 0.6 is 0 Å². The molecule has 0 aromatic rings. The maximum Gasteiger partial charge on any atom is 0.0124 e. The van der Waals surface area contributed by atoms with Gasteiger partial charge in [0.2, 0.25) is 0 Å². The van der Waals surface area contributed by atoms with E-state index in [0.717, 1.165) is 17.9 Å². The van der Waals surface area contributed by atoms with Crippen LogP contribution in [0.15, 0.2) is 0 Å². The van der Waals surface area contributed by atoms with Crippen LogP contribution in [0.2, 0.25) is 0 Å². The van der Waals surface area contributed by atoms with Gasteiger partial charge in [-0.1, -0.05) is 6.92 Å². The minimum absolute atomic E-state index is 0.563. The summed E-state index contributed by atoms with van der Waals surface area (Å²) in [5.41, 5.74) is 0.563. The first-order valence-corrected chi connectivity index (χ1v) is 7.21. The summed E-state index contributed by atoms with van der Waals surface area (Å²) in [6.07, 6.45) is 8.67. The first-order valence-electron chi connectivity index (χ1n) is 7.21. The molecule has 3 fully saturated rings. The zero-order chi connectivity index (χ0) is 11.0. The molecule has 2 nitrogen and oxygen atoms in total. The first-order chi connectivity index (χ1) is 7.77. The molecule has 1 heterocycles. The van der Waals surface area contributed by atoms with E-state index in [2.05, 4.69) is 17.6 Å². The second kappa shape index (κ2) is 4.30. The molecule has 1 saturated heterocycles. The second-order valence-corrected chi connectivity index (χ2v) is 6.64. The summed E-state index contributed by atoms with van der Waals surface area (Å²) in [5, 5.41) is 7.40. The van der Waals surface area contributed by atoms with Gasteiger partial charge in [0.25, 0.3) is 0 Å². The van der Waals surface area contributed by atoms with Crippen molar-refractivity contribution >= 4 is 0 Å². The summed E-state index contributed by atoms with van der Waals surface area (Å²) < 4.78 is 0. The average molecular weight is 222 g/mol. The molecule has 0 atom stereocenters. The summed E-state index contributed by atoms with van der Waals surface area (Å²) in [6.45, 7) is 6.16. The van der Waals surface area contributed by atoms with Crippen LogP contribution in [-0.4, -0.2) is 25.7 Å². The summed E-state index contributed by atoms with van der Waals surface area (Å²) in [7, 11) is 0. The lowest BCUT2D eigenvalue weighted by atomic mass is 9.80. The molecule has 0 aromatic heterocycles. The van der Waals surface area contributed by atoms with Gasteiger partial charge in [-0.15, -0.1) is 0 Å². The Morgan fingerprint density at radius 1 is 1.12 bits per heavy atom. The van der Waals surface area contributed by atoms with Crippen LogP contribution in [0.4, 0.5) is 0 Å². The average Bonchev–Trinajstić information content (AvgIpc) is 3.14. The minimum atomic E-state index is 0.563. The molecule has 2 saturated carbocycles. The van der Waals surface area contributed by atoms with Gasteiger partial charge in [-0.3, -0.25) is 0 Å². The van der Waals surface area contributed by atoms with E-state index >= 15 is 0 Å². The fourth-order valence-electron chi connectivity index (χ4n) is 3.20. The minimum Gasteiger partial charge on any atom is -0.317 e. The van der Waals surface area contributed by atoms with E-state index < -0.39 is 0 Å². The van der Waals surface area contributed by atoms with Gasteiger partial charge >= 0.3 is 0 Å². The predicted molar refractivity (Wildman–Crippen MR) is 67.4 cm³/mol. The van der Waals surface area contributed by atoms with Crippen LogP contribution in [0.1, 0.15) is 45.4 Å². The summed E-state index contributed by atoms with van der Waals surface area (Å²) >= 11 is 0. The van der Waals surface area contributed by atoms with Crippen LogP contribution in [0.5, 0.6) is 0 Å². The number of rotatable bonds is 5. The lowest BCUT2D eigenvalue weighted by molar-refractivity contribution is 0.204. The van der Waals surface area contributed by atoms with Crippen molar-refractivity contribution < 1.29 is 0 Å². The SMILES string of the molecule is CC1(CNC(C2CC2)C2CC2)CCNCC1. The molecule has 1 aliphatic heterocycles. The Hall–Kier alpha value is -0.0800. The third-order valence-corrected chi connectivity index (χ3v) is 4.83. The van der Waals surface area contributed by atoms with Crippen molar-refractivity contribution in [3.63, 3.8) is 0 Å². The molecule has 2 aliphatic carbocycles. The van der Waals surface area contributed by atoms with Crippen LogP contribution in [0, 0.1) is 17.3 Å². The first kappa shape index (κ1) is 11.0. The molecule has 16 heavy (non-hydrogen) atoms. The monoisotopic (exact) mass is 222 g/mol. The third-order valence-electron chi connectivity index (χ3n) is 4.83. The fraction of sp³-hybridized carbons (Fsp3) is 1.00. The summed E-state index contributed by atoms with van der Waals surface area (Å²) in [4.78, 5) is 0. The van der Waals surface area contributed by atoms with E-state index in [0.29, 0.717) is 5.41 Å². The predicted octanol–water partition coefficient (Wildman–Crippen LogP) is 2.15. The van der Waals surface area contributed by atoms with Crippen LogP contribution in [0.25, 0.3) is 0 Å². The van der Waals surface area contributed by atoms with Crippen molar-refractivity contribution in [2.24, 2.45) is 17.3 Å². The summed E-state index contributed by atoms with van der Waals surface area (Å²) in [6, 6.07) is 0.881. The molecule has 92 valence electrons. The molecular weight excluding hydrogens is 196 g/mol. The van der Waals surface area contributed by atoms with Crippen molar-refractivity contribution in [3.8, 4) is 0 Å². The molecular formula is C14H26N2. The number of piperidine rings is 1. The zero-order valence-corrected chi connectivity index (χ0v) is 10.6. The Bertz CT molecular complexity index is 225. The highest BCUT2D eigenvalue weighted by molar-refractivity contribution is 4.97. The Kier molecular flexibility index (Phi) is 2.97. The molecule has 0 amide bonds. The Labute approximate surface area is 99.6 Å². The highest BCUT2D eigenvalue weighted by atomic mass is 15.0. The van der Waals surface area contributed by atoms with Gasteiger partial charge in [0.1, 0.15) is 0 Å². The van der Waals surface area contributed by atoms with Gasteiger partial charge in [-0.2, -0.15) is 0 Å². The molecule has 0 radical (unpaired) electrons. The van der Waals surface area contributed by atoms with Crippen molar-refractivity contribution in [3.05, 3.63) is 0 Å². The zero-order valence-electron chi connectivity index (χ0n) is 10.6. The van der Waals surface area contributed by atoms with E-state index in [4.69, 9.17) is 0 Å². The molecule has 0 unspecified atom stereocenters. The molecule has 3 rings (SSSR count). The third kappa shape index (κ3) is 2.60. The number of hydrogen-bond acceptors (Lipinski definition) is 2. The maximum atomic E-state index is 3.93. The topological polar surface area (TPSA) is 24.1 Å². The maximum absolute atomic E-state index is 3.93. The van der Waals surface area contributed by atoms with Crippen molar-refractivity contribution in [2.45, 2.75) is 51.5 Å². The van der Waals surface area contributed by atoms with E-state index in [1.54, 1.807) is 0 Å². The molecule has 0 bridgehead atoms. The lowest BCUT2D eigenvalue weighted by Crippen LogP contribution is -2.45. The fourth-order valence-corrected chi connectivity index (χ4v) is 3.20. The van der Waals surface area contributed by atoms with Crippen LogP contribution in [-0.2, 0) is 0 Å². The lowest BCUT2D eigenvalue weighted by Gasteiger charge is -2.36.